The predicted octanol–water partition coefficient (Wildman–Crippen LogP) is 4.64. The molecule has 0 aromatic rings. The normalized spacial score (nSPS) is 13.2. The van der Waals surface area contributed by atoms with Crippen LogP contribution in [0.2, 0.25) is 0 Å². The standard InChI is InChI=1S/C15H26O3S/c1-2-3-4-5-6-7-8-9-10-11-12-13-14-15-19(16,17)18/h10-15H,2-9H2,1H3,(H,16,17,18). The van der Waals surface area contributed by atoms with Crippen molar-refractivity contribution in [3.8, 4) is 0 Å². The second-order valence-corrected chi connectivity index (χ2v) is 5.87. The first-order valence-electron chi connectivity index (χ1n) is 7.03. The summed E-state index contributed by atoms with van der Waals surface area (Å²) in [5.74, 6) is 0. The summed E-state index contributed by atoms with van der Waals surface area (Å²) in [6.07, 6.45) is 18.8. The number of rotatable bonds is 11. The Kier molecular flexibility index (Phi) is 11.6. The fourth-order valence-corrected chi connectivity index (χ4v) is 1.96. The molecule has 19 heavy (non-hydrogen) atoms. The molecule has 0 unspecified atom stereocenters. The van der Waals surface area contributed by atoms with Crippen molar-refractivity contribution in [1.29, 1.82) is 0 Å². The van der Waals surface area contributed by atoms with E-state index in [-0.39, 0.29) is 0 Å². The Morgan fingerprint density at radius 2 is 1.42 bits per heavy atom. The Bertz CT molecular complexity index is 378. The lowest BCUT2D eigenvalue weighted by Gasteiger charge is -1.98. The Morgan fingerprint density at radius 1 is 0.842 bits per heavy atom. The monoisotopic (exact) mass is 286 g/mol. The van der Waals surface area contributed by atoms with E-state index in [2.05, 4.69) is 13.0 Å². The van der Waals surface area contributed by atoms with E-state index in [1.807, 2.05) is 6.08 Å². The van der Waals surface area contributed by atoms with Crippen LogP contribution in [-0.4, -0.2) is 13.0 Å². The van der Waals surface area contributed by atoms with Gasteiger partial charge in [-0.25, -0.2) is 0 Å². The quantitative estimate of drug-likeness (QED) is 0.342. The van der Waals surface area contributed by atoms with Gasteiger partial charge in [0.2, 0.25) is 0 Å². The molecule has 0 aliphatic rings. The number of unbranched alkanes of at least 4 members (excludes halogenated alkanes) is 7. The molecule has 0 atom stereocenters. The van der Waals surface area contributed by atoms with Crippen LogP contribution in [0.4, 0.5) is 0 Å². The molecule has 0 heterocycles. The van der Waals surface area contributed by atoms with Gasteiger partial charge in [-0.1, -0.05) is 69.8 Å². The summed E-state index contributed by atoms with van der Waals surface area (Å²) >= 11 is 0. The summed E-state index contributed by atoms with van der Waals surface area (Å²) in [6, 6.07) is 0. The molecule has 0 spiro atoms. The van der Waals surface area contributed by atoms with Crippen LogP contribution in [-0.2, 0) is 10.1 Å². The average molecular weight is 286 g/mol. The van der Waals surface area contributed by atoms with Crippen molar-refractivity contribution in [2.75, 3.05) is 0 Å². The number of hydrogen-bond donors (Lipinski definition) is 1. The summed E-state index contributed by atoms with van der Waals surface area (Å²) < 4.78 is 29.1. The molecule has 0 aromatic heterocycles. The minimum absolute atomic E-state index is 0.758. The van der Waals surface area contributed by atoms with Crippen molar-refractivity contribution >= 4 is 10.1 Å². The maximum Gasteiger partial charge on any atom is 0.287 e. The van der Waals surface area contributed by atoms with Gasteiger partial charge in [0.1, 0.15) is 0 Å². The third-order valence-corrected chi connectivity index (χ3v) is 3.20. The second-order valence-electron chi connectivity index (χ2n) is 4.57. The van der Waals surface area contributed by atoms with Gasteiger partial charge in [0.25, 0.3) is 10.1 Å². The SMILES string of the molecule is CCCCCCCCCC=CC=CC=CS(=O)(=O)O. The van der Waals surface area contributed by atoms with Crippen molar-refractivity contribution in [3.05, 3.63) is 35.8 Å². The molecule has 0 amide bonds. The maximum atomic E-state index is 10.3. The van der Waals surface area contributed by atoms with E-state index in [1.165, 1.54) is 51.0 Å². The zero-order chi connectivity index (χ0) is 14.4. The molecule has 0 aliphatic carbocycles. The van der Waals surface area contributed by atoms with Gasteiger partial charge in [-0.15, -0.1) is 0 Å². The minimum Gasteiger partial charge on any atom is -0.282 e. The fraction of sp³-hybridized carbons (Fsp3) is 0.600. The molecule has 3 nitrogen and oxygen atoms in total. The molecule has 0 aromatic carbocycles. The first-order valence-corrected chi connectivity index (χ1v) is 8.54. The van der Waals surface area contributed by atoms with Crippen LogP contribution in [0.25, 0.3) is 0 Å². The lowest BCUT2D eigenvalue weighted by molar-refractivity contribution is 0.494. The van der Waals surface area contributed by atoms with E-state index in [0.29, 0.717) is 0 Å². The smallest absolute Gasteiger partial charge is 0.282 e. The Labute approximate surface area is 117 Å². The first kappa shape index (κ1) is 18.1. The Morgan fingerprint density at radius 3 is 2.05 bits per heavy atom. The van der Waals surface area contributed by atoms with Crippen molar-refractivity contribution in [2.24, 2.45) is 0 Å². The highest BCUT2D eigenvalue weighted by molar-refractivity contribution is 7.88. The Balaban J connectivity index is 3.44. The molecular weight excluding hydrogens is 260 g/mol. The molecule has 1 N–H and O–H groups in total. The fourth-order valence-electron chi connectivity index (χ4n) is 1.67. The van der Waals surface area contributed by atoms with E-state index < -0.39 is 10.1 Å². The molecule has 0 rings (SSSR count). The van der Waals surface area contributed by atoms with Gasteiger partial charge in [-0.2, -0.15) is 8.42 Å². The van der Waals surface area contributed by atoms with Crippen LogP contribution in [0, 0.1) is 0 Å². The second kappa shape index (κ2) is 12.2. The third-order valence-electron chi connectivity index (χ3n) is 2.69. The van der Waals surface area contributed by atoms with Crippen LogP contribution in [0.5, 0.6) is 0 Å². The lowest BCUT2D eigenvalue weighted by atomic mass is 10.1. The van der Waals surface area contributed by atoms with Gasteiger partial charge < -0.3 is 0 Å². The van der Waals surface area contributed by atoms with Crippen molar-refractivity contribution < 1.29 is 13.0 Å². The number of allylic oxidation sites excluding steroid dienone is 5. The van der Waals surface area contributed by atoms with Gasteiger partial charge in [0.15, 0.2) is 0 Å². The van der Waals surface area contributed by atoms with Gasteiger partial charge in [0, 0.05) is 0 Å². The number of hydrogen-bond acceptors (Lipinski definition) is 2. The molecule has 4 heteroatoms. The maximum absolute atomic E-state index is 10.3. The molecular formula is C15H26O3S. The van der Waals surface area contributed by atoms with Crippen LogP contribution in [0.15, 0.2) is 35.8 Å². The summed E-state index contributed by atoms with van der Waals surface area (Å²) in [5, 5.41) is 0.758. The van der Waals surface area contributed by atoms with Gasteiger partial charge in [-0.05, 0) is 18.9 Å². The third kappa shape index (κ3) is 17.1. The van der Waals surface area contributed by atoms with Crippen LogP contribution >= 0.6 is 0 Å². The van der Waals surface area contributed by atoms with Gasteiger partial charge in [0.05, 0.1) is 5.41 Å². The van der Waals surface area contributed by atoms with Crippen LogP contribution < -0.4 is 0 Å². The zero-order valence-corrected chi connectivity index (χ0v) is 12.6. The van der Waals surface area contributed by atoms with E-state index in [1.54, 1.807) is 12.2 Å². The van der Waals surface area contributed by atoms with Gasteiger partial charge >= 0.3 is 0 Å². The minimum atomic E-state index is -3.99. The van der Waals surface area contributed by atoms with Crippen LogP contribution in [0.1, 0.15) is 58.3 Å². The molecule has 0 bridgehead atoms. The van der Waals surface area contributed by atoms with Gasteiger partial charge in [-0.3, -0.25) is 4.55 Å². The Hall–Kier alpha value is -0.870. The summed E-state index contributed by atoms with van der Waals surface area (Å²) in [7, 11) is -3.99. The topological polar surface area (TPSA) is 54.4 Å². The molecule has 110 valence electrons. The van der Waals surface area contributed by atoms with Crippen LogP contribution in [0.3, 0.4) is 0 Å². The molecule has 0 radical (unpaired) electrons. The van der Waals surface area contributed by atoms with E-state index in [0.717, 1.165) is 11.8 Å². The van der Waals surface area contributed by atoms with E-state index >= 15 is 0 Å². The highest BCUT2D eigenvalue weighted by Crippen LogP contribution is 2.08. The molecule has 0 fully saturated rings. The van der Waals surface area contributed by atoms with Crippen molar-refractivity contribution in [3.63, 3.8) is 0 Å². The lowest BCUT2D eigenvalue weighted by Crippen LogP contribution is -1.87. The largest absolute Gasteiger partial charge is 0.287 e. The van der Waals surface area contributed by atoms with E-state index in [9.17, 15) is 8.42 Å². The molecule has 0 saturated carbocycles. The first-order chi connectivity index (χ1) is 9.06. The molecule has 0 saturated heterocycles. The molecule has 0 aliphatic heterocycles. The van der Waals surface area contributed by atoms with E-state index in [4.69, 9.17) is 4.55 Å². The van der Waals surface area contributed by atoms with Crippen molar-refractivity contribution in [2.45, 2.75) is 58.3 Å². The summed E-state index contributed by atoms with van der Waals surface area (Å²) in [6.45, 7) is 2.23. The predicted molar refractivity (Wildman–Crippen MR) is 81.6 cm³/mol. The summed E-state index contributed by atoms with van der Waals surface area (Å²) in [5.41, 5.74) is 0. The zero-order valence-electron chi connectivity index (χ0n) is 11.8. The highest BCUT2D eigenvalue weighted by Gasteiger charge is 1.91. The average Bonchev–Trinajstić information content (AvgIpc) is 2.34. The summed E-state index contributed by atoms with van der Waals surface area (Å²) in [4.78, 5) is 0. The highest BCUT2D eigenvalue weighted by atomic mass is 32.2. The van der Waals surface area contributed by atoms with Crippen molar-refractivity contribution in [1.82, 2.24) is 0 Å².